The number of unbranched alkanes of at least 4 members (excludes halogenated alkanes) is 20. The zero-order chi connectivity index (χ0) is 43.6. The van der Waals surface area contributed by atoms with Gasteiger partial charge in [0.1, 0.15) is 12.2 Å². The lowest BCUT2D eigenvalue weighted by Gasteiger charge is -2.35. The van der Waals surface area contributed by atoms with Crippen molar-refractivity contribution in [2.24, 2.45) is 0 Å². The number of amides is 2. The summed E-state index contributed by atoms with van der Waals surface area (Å²) in [6.45, 7) is 13.4. The topological polar surface area (TPSA) is 129 Å². The van der Waals surface area contributed by atoms with Crippen LogP contribution in [0.15, 0.2) is 0 Å². The third-order valence-corrected chi connectivity index (χ3v) is 12.3. The molecule has 0 aliphatic heterocycles. The third-order valence-electron chi connectivity index (χ3n) is 12.3. The lowest BCUT2D eigenvalue weighted by atomic mass is 9.90. The lowest BCUT2D eigenvalue weighted by molar-refractivity contribution is -0.173. The summed E-state index contributed by atoms with van der Waals surface area (Å²) in [5.41, 5.74) is -0.788. The molecule has 2 N–H and O–H groups in total. The van der Waals surface area contributed by atoms with Crippen LogP contribution in [0, 0.1) is 0 Å². The zero-order valence-corrected chi connectivity index (χ0v) is 39.3. The molecule has 2 amide bonds. The molecule has 1 fully saturated rings. The molecule has 346 valence electrons. The van der Waals surface area contributed by atoms with Crippen LogP contribution in [0.5, 0.6) is 0 Å². The lowest BCUT2D eigenvalue weighted by Crippen LogP contribution is -2.48. The zero-order valence-electron chi connectivity index (χ0n) is 39.3. The highest BCUT2D eigenvalue weighted by atomic mass is 16.6. The summed E-state index contributed by atoms with van der Waals surface area (Å²) in [6, 6.07) is -0.231. The maximum Gasteiger partial charge on any atom is 0.306 e. The van der Waals surface area contributed by atoms with E-state index in [1.165, 1.54) is 103 Å². The Kier molecular flexibility index (Phi) is 32.0. The standard InChI is InChI=1S/C49H92N2O8/c1-8-11-13-15-17-19-21-23-25-27-29-31-46(54)58-42-34-33-41(39-43(42)59-47(55)32-30-28-26-24-22-20-18-16-14-12-9-2)51-45(53)36-35-44(52)50-38-37-49(6,10-3)57-40-48(4,5)56-7/h41-43H,8-40H2,1-7H3,(H,50,52)(H,51,53). The summed E-state index contributed by atoms with van der Waals surface area (Å²) < 4.78 is 23.6. The maximum absolute atomic E-state index is 13.0. The Morgan fingerprint density at radius 1 is 0.559 bits per heavy atom. The second kappa shape index (κ2) is 34.4. The van der Waals surface area contributed by atoms with E-state index in [0.717, 1.165) is 44.9 Å². The molecule has 0 bridgehead atoms. The van der Waals surface area contributed by atoms with Gasteiger partial charge in [-0.2, -0.15) is 0 Å². The maximum atomic E-state index is 13.0. The van der Waals surface area contributed by atoms with Gasteiger partial charge >= 0.3 is 11.9 Å². The molecule has 1 aliphatic rings. The van der Waals surface area contributed by atoms with Gasteiger partial charge in [0.2, 0.25) is 11.8 Å². The van der Waals surface area contributed by atoms with Gasteiger partial charge in [-0.15, -0.1) is 0 Å². The van der Waals surface area contributed by atoms with Crippen molar-refractivity contribution in [2.75, 3.05) is 20.3 Å². The minimum Gasteiger partial charge on any atom is -0.458 e. The molecule has 0 spiro atoms. The summed E-state index contributed by atoms with van der Waals surface area (Å²) in [7, 11) is 1.67. The molecule has 0 aromatic carbocycles. The molecule has 4 unspecified atom stereocenters. The molecule has 1 saturated carbocycles. The first-order chi connectivity index (χ1) is 28.4. The molecule has 4 atom stereocenters. The van der Waals surface area contributed by atoms with Crippen LogP contribution in [0.2, 0.25) is 0 Å². The third kappa shape index (κ3) is 29.7. The van der Waals surface area contributed by atoms with Gasteiger partial charge in [-0.3, -0.25) is 19.2 Å². The summed E-state index contributed by atoms with van der Waals surface area (Å²) in [5.74, 6) is -0.909. The number of carbonyl (C=O) groups excluding carboxylic acids is 4. The van der Waals surface area contributed by atoms with Crippen LogP contribution >= 0.6 is 0 Å². The van der Waals surface area contributed by atoms with Crippen LogP contribution in [0.4, 0.5) is 0 Å². The smallest absolute Gasteiger partial charge is 0.306 e. The number of rotatable bonds is 38. The second-order valence-corrected chi connectivity index (χ2v) is 18.4. The van der Waals surface area contributed by atoms with E-state index in [9.17, 15) is 19.2 Å². The van der Waals surface area contributed by atoms with E-state index >= 15 is 0 Å². The van der Waals surface area contributed by atoms with Crippen molar-refractivity contribution >= 4 is 23.8 Å². The molecule has 10 nitrogen and oxygen atoms in total. The van der Waals surface area contributed by atoms with Crippen molar-refractivity contribution in [3.8, 4) is 0 Å². The highest BCUT2D eigenvalue weighted by Gasteiger charge is 2.36. The van der Waals surface area contributed by atoms with Gasteiger partial charge in [-0.05, 0) is 59.3 Å². The summed E-state index contributed by atoms with van der Waals surface area (Å²) >= 11 is 0. The van der Waals surface area contributed by atoms with Crippen molar-refractivity contribution in [3.63, 3.8) is 0 Å². The van der Waals surface area contributed by atoms with Crippen molar-refractivity contribution in [1.29, 1.82) is 0 Å². The average Bonchev–Trinajstić information content (AvgIpc) is 3.21. The largest absolute Gasteiger partial charge is 0.458 e. The Bertz CT molecular complexity index is 1100. The van der Waals surface area contributed by atoms with Crippen molar-refractivity contribution in [2.45, 2.75) is 270 Å². The monoisotopic (exact) mass is 837 g/mol. The van der Waals surface area contributed by atoms with Crippen LogP contribution in [0.1, 0.15) is 241 Å². The van der Waals surface area contributed by atoms with E-state index in [4.69, 9.17) is 18.9 Å². The molecule has 1 aliphatic carbocycles. The van der Waals surface area contributed by atoms with Crippen LogP contribution < -0.4 is 10.6 Å². The van der Waals surface area contributed by atoms with Gasteiger partial charge in [-0.1, -0.05) is 149 Å². The van der Waals surface area contributed by atoms with Crippen LogP contribution in [0.3, 0.4) is 0 Å². The number of nitrogens with one attached hydrogen (secondary N) is 2. The quantitative estimate of drug-likeness (QED) is 0.0464. The van der Waals surface area contributed by atoms with E-state index < -0.39 is 23.4 Å². The minimum atomic E-state index is -0.608. The first kappa shape index (κ1) is 54.8. The summed E-state index contributed by atoms with van der Waals surface area (Å²) in [5, 5.41) is 6.00. The number of methoxy groups -OCH3 is 1. The van der Waals surface area contributed by atoms with Gasteiger partial charge < -0.3 is 29.6 Å². The Hall–Kier alpha value is -2.20. The first-order valence-electron chi connectivity index (χ1n) is 24.5. The molecule has 0 radical (unpaired) electrons. The van der Waals surface area contributed by atoms with E-state index in [-0.39, 0.29) is 42.6 Å². The van der Waals surface area contributed by atoms with Crippen molar-refractivity contribution in [1.82, 2.24) is 10.6 Å². The highest BCUT2D eigenvalue weighted by molar-refractivity contribution is 5.83. The predicted octanol–water partition coefficient (Wildman–Crippen LogP) is 11.8. The van der Waals surface area contributed by atoms with Gasteiger partial charge in [0.05, 0.1) is 17.8 Å². The molecule has 1 rings (SSSR count). The molecule has 0 heterocycles. The Morgan fingerprint density at radius 3 is 1.46 bits per heavy atom. The number of carbonyl (C=O) groups is 4. The average molecular weight is 837 g/mol. The SMILES string of the molecule is CCCCCCCCCCCCCC(=O)OC1CCC(NC(=O)CCC(=O)NCCC(C)(CC)OCC(C)(C)OC)CC1OC(=O)CCCCCCCCCCCCC. The first-order valence-corrected chi connectivity index (χ1v) is 24.5. The highest BCUT2D eigenvalue weighted by Crippen LogP contribution is 2.27. The fourth-order valence-corrected chi connectivity index (χ4v) is 7.65. The van der Waals surface area contributed by atoms with E-state index in [1.54, 1.807) is 7.11 Å². The van der Waals surface area contributed by atoms with Gasteiger partial charge in [0.15, 0.2) is 0 Å². The van der Waals surface area contributed by atoms with Crippen LogP contribution in [0.25, 0.3) is 0 Å². The Labute approximate surface area is 361 Å². The molecule has 0 aromatic rings. The molecular weight excluding hydrogens is 745 g/mol. The number of esters is 2. The summed E-state index contributed by atoms with van der Waals surface area (Å²) in [4.78, 5) is 51.6. The van der Waals surface area contributed by atoms with E-state index in [1.807, 2.05) is 20.8 Å². The Balaban J connectivity index is 2.56. The van der Waals surface area contributed by atoms with Gasteiger partial charge in [-0.25, -0.2) is 0 Å². The van der Waals surface area contributed by atoms with Gasteiger partial charge in [0.25, 0.3) is 0 Å². The minimum absolute atomic E-state index is 0.0621. The number of ether oxygens (including phenoxy) is 4. The molecule has 10 heteroatoms. The van der Waals surface area contributed by atoms with E-state index in [0.29, 0.717) is 51.7 Å². The summed E-state index contributed by atoms with van der Waals surface area (Å²) in [6.07, 6.45) is 29.3. The molecule has 59 heavy (non-hydrogen) atoms. The normalized spacial score (nSPS) is 17.9. The fraction of sp³-hybridized carbons (Fsp3) is 0.918. The molecular formula is C49H92N2O8. The van der Waals surface area contributed by atoms with Crippen molar-refractivity contribution in [3.05, 3.63) is 0 Å². The fourth-order valence-electron chi connectivity index (χ4n) is 7.65. The van der Waals surface area contributed by atoms with Gasteiger partial charge in [0, 0.05) is 51.8 Å². The molecule has 0 aromatic heterocycles. The van der Waals surface area contributed by atoms with E-state index in [2.05, 4.69) is 31.4 Å². The molecule has 0 saturated heterocycles. The Morgan fingerprint density at radius 2 is 1.00 bits per heavy atom. The van der Waals surface area contributed by atoms with Crippen LogP contribution in [-0.4, -0.2) is 73.5 Å². The number of hydrogen-bond acceptors (Lipinski definition) is 8. The second-order valence-electron chi connectivity index (χ2n) is 18.4. The number of hydrogen-bond donors (Lipinski definition) is 2. The predicted molar refractivity (Wildman–Crippen MR) is 240 cm³/mol. The van der Waals surface area contributed by atoms with Crippen LogP contribution in [-0.2, 0) is 38.1 Å². The van der Waals surface area contributed by atoms with Crippen molar-refractivity contribution < 1.29 is 38.1 Å².